The zero-order valence-corrected chi connectivity index (χ0v) is 13.8. The molecule has 1 aromatic rings. The van der Waals surface area contributed by atoms with Gasteiger partial charge >= 0.3 is 0 Å². The lowest BCUT2D eigenvalue weighted by Gasteiger charge is -2.44. The van der Waals surface area contributed by atoms with Crippen molar-refractivity contribution in [3.8, 4) is 0 Å². The molecule has 0 bridgehead atoms. The van der Waals surface area contributed by atoms with E-state index < -0.39 is 5.54 Å². The predicted octanol–water partition coefficient (Wildman–Crippen LogP) is 2.45. The fraction of sp³-hybridized carbons (Fsp3) is 0.467. The summed E-state index contributed by atoms with van der Waals surface area (Å²) in [5, 5.41) is 0. The fourth-order valence-corrected chi connectivity index (χ4v) is 2.93. The number of piperazine rings is 1. The fourth-order valence-electron chi connectivity index (χ4n) is 2.52. The van der Waals surface area contributed by atoms with Crippen LogP contribution in [0.5, 0.6) is 0 Å². The van der Waals surface area contributed by atoms with Crippen LogP contribution in [-0.2, 0) is 4.79 Å². The topological polar surface area (TPSA) is 40.6 Å². The smallest absolute Gasteiger partial charge is 0.255 e. The molecule has 0 spiro atoms. The first kappa shape index (κ1) is 15.0. The second-order valence-corrected chi connectivity index (χ2v) is 6.58. The number of rotatable bonds is 1. The van der Waals surface area contributed by atoms with Crippen molar-refractivity contribution in [1.82, 2.24) is 9.80 Å². The SMILES string of the molecule is Cc1ccc(Br)c(C(=O)N2CCN(C)C(=O)C2(C)C)c1. The van der Waals surface area contributed by atoms with E-state index in [0.717, 1.165) is 10.0 Å². The molecule has 0 atom stereocenters. The number of carbonyl (C=O) groups is 2. The lowest BCUT2D eigenvalue weighted by molar-refractivity contribution is -0.144. The molecule has 0 saturated carbocycles. The first-order valence-corrected chi connectivity index (χ1v) is 7.38. The van der Waals surface area contributed by atoms with Crippen LogP contribution in [0.2, 0.25) is 0 Å². The summed E-state index contributed by atoms with van der Waals surface area (Å²) in [6.45, 7) is 6.66. The van der Waals surface area contributed by atoms with Crippen molar-refractivity contribution in [2.75, 3.05) is 20.1 Å². The second kappa shape index (κ2) is 5.20. The number of nitrogens with zero attached hydrogens (tertiary/aromatic N) is 2. The second-order valence-electron chi connectivity index (χ2n) is 5.73. The van der Waals surface area contributed by atoms with Crippen LogP contribution in [0, 0.1) is 6.92 Å². The lowest BCUT2D eigenvalue weighted by Crippen LogP contribution is -2.63. The van der Waals surface area contributed by atoms with Gasteiger partial charge in [0.15, 0.2) is 0 Å². The monoisotopic (exact) mass is 338 g/mol. The molecule has 1 aliphatic rings. The van der Waals surface area contributed by atoms with E-state index in [-0.39, 0.29) is 11.8 Å². The van der Waals surface area contributed by atoms with Gasteiger partial charge in [-0.15, -0.1) is 0 Å². The summed E-state index contributed by atoms with van der Waals surface area (Å²) in [6, 6.07) is 5.67. The molecule has 1 heterocycles. The average molecular weight is 339 g/mol. The number of hydrogen-bond acceptors (Lipinski definition) is 2. The third-order valence-electron chi connectivity index (χ3n) is 3.80. The van der Waals surface area contributed by atoms with Gasteiger partial charge in [-0.2, -0.15) is 0 Å². The summed E-state index contributed by atoms with van der Waals surface area (Å²) in [4.78, 5) is 28.4. The van der Waals surface area contributed by atoms with Gasteiger partial charge in [-0.05, 0) is 48.8 Å². The summed E-state index contributed by atoms with van der Waals surface area (Å²) < 4.78 is 0.760. The number of hydrogen-bond donors (Lipinski definition) is 0. The summed E-state index contributed by atoms with van der Waals surface area (Å²) in [5.74, 6) is -0.132. The highest BCUT2D eigenvalue weighted by Gasteiger charge is 2.43. The Hall–Kier alpha value is -1.36. The van der Waals surface area contributed by atoms with Crippen LogP contribution in [0.4, 0.5) is 0 Å². The molecule has 2 amide bonds. The van der Waals surface area contributed by atoms with Gasteiger partial charge in [0, 0.05) is 24.6 Å². The van der Waals surface area contributed by atoms with Crippen molar-refractivity contribution in [3.63, 3.8) is 0 Å². The van der Waals surface area contributed by atoms with Gasteiger partial charge in [-0.3, -0.25) is 9.59 Å². The largest absolute Gasteiger partial charge is 0.342 e. The number of aryl methyl sites for hydroxylation is 1. The molecule has 5 heteroatoms. The Kier molecular flexibility index (Phi) is 3.91. The highest BCUT2D eigenvalue weighted by atomic mass is 79.9. The highest BCUT2D eigenvalue weighted by molar-refractivity contribution is 9.10. The van der Waals surface area contributed by atoms with Crippen molar-refractivity contribution in [3.05, 3.63) is 33.8 Å². The van der Waals surface area contributed by atoms with E-state index >= 15 is 0 Å². The third kappa shape index (κ3) is 2.46. The van der Waals surface area contributed by atoms with Gasteiger partial charge in [-0.25, -0.2) is 0 Å². The molecule has 0 radical (unpaired) electrons. The van der Waals surface area contributed by atoms with Crippen LogP contribution in [0.25, 0.3) is 0 Å². The first-order valence-electron chi connectivity index (χ1n) is 6.59. The van der Waals surface area contributed by atoms with E-state index in [1.54, 1.807) is 30.7 Å². The van der Waals surface area contributed by atoms with Gasteiger partial charge in [0.2, 0.25) is 5.91 Å². The molecule has 0 aromatic heterocycles. The highest BCUT2D eigenvalue weighted by Crippen LogP contribution is 2.27. The van der Waals surface area contributed by atoms with Crippen LogP contribution in [0.3, 0.4) is 0 Å². The molecule has 0 aliphatic carbocycles. The lowest BCUT2D eigenvalue weighted by atomic mass is 9.96. The van der Waals surface area contributed by atoms with E-state index in [2.05, 4.69) is 15.9 Å². The standard InChI is InChI=1S/C15H19BrN2O2/c1-10-5-6-12(16)11(9-10)13(19)18-8-7-17(4)14(20)15(18,2)3/h5-6,9H,7-8H2,1-4H3. The molecule has 1 saturated heterocycles. The molecule has 1 fully saturated rings. The summed E-state index contributed by atoms with van der Waals surface area (Å²) in [7, 11) is 1.77. The number of halogens is 1. The maximum absolute atomic E-state index is 12.8. The van der Waals surface area contributed by atoms with E-state index in [4.69, 9.17) is 0 Å². The Morgan fingerprint density at radius 3 is 2.60 bits per heavy atom. The molecule has 108 valence electrons. The number of carbonyl (C=O) groups excluding carboxylic acids is 2. The van der Waals surface area contributed by atoms with E-state index in [1.807, 2.05) is 25.1 Å². The minimum atomic E-state index is -0.812. The van der Waals surface area contributed by atoms with Crippen LogP contribution in [-0.4, -0.2) is 47.3 Å². The molecule has 4 nitrogen and oxygen atoms in total. The first-order chi connectivity index (χ1) is 9.25. The van der Waals surface area contributed by atoms with Gasteiger partial charge in [0.1, 0.15) is 5.54 Å². The van der Waals surface area contributed by atoms with E-state index in [0.29, 0.717) is 18.7 Å². The van der Waals surface area contributed by atoms with E-state index in [9.17, 15) is 9.59 Å². The zero-order chi connectivity index (χ0) is 15.1. The molecular formula is C15H19BrN2O2. The number of amides is 2. The molecule has 1 aliphatic heterocycles. The number of benzene rings is 1. The molecule has 0 N–H and O–H groups in total. The quantitative estimate of drug-likeness (QED) is 0.789. The van der Waals surface area contributed by atoms with Crippen LogP contribution >= 0.6 is 15.9 Å². The Morgan fingerprint density at radius 2 is 1.95 bits per heavy atom. The molecule has 2 rings (SSSR count). The van der Waals surface area contributed by atoms with Crippen LogP contribution in [0.1, 0.15) is 29.8 Å². The van der Waals surface area contributed by atoms with Crippen LogP contribution < -0.4 is 0 Å². The third-order valence-corrected chi connectivity index (χ3v) is 4.49. The van der Waals surface area contributed by atoms with Crippen molar-refractivity contribution >= 4 is 27.7 Å². The maximum atomic E-state index is 12.8. The minimum Gasteiger partial charge on any atom is -0.342 e. The minimum absolute atomic E-state index is 0.0270. The Bertz CT molecular complexity index is 569. The van der Waals surface area contributed by atoms with Crippen molar-refractivity contribution in [2.45, 2.75) is 26.3 Å². The van der Waals surface area contributed by atoms with Crippen molar-refractivity contribution in [2.24, 2.45) is 0 Å². The average Bonchev–Trinajstić information content (AvgIpc) is 2.38. The molecule has 20 heavy (non-hydrogen) atoms. The maximum Gasteiger partial charge on any atom is 0.255 e. The van der Waals surface area contributed by atoms with Gasteiger partial charge in [0.05, 0.1) is 5.56 Å². The molecule has 0 unspecified atom stereocenters. The number of likely N-dealkylation sites (N-methyl/N-ethyl adjacent to an activating group) is 1. The molecular weight excluding hydrogens is 320 g/mol. The van der Waals surface area contributed by atoms with Gasteiger partial charge in [0.25, 0.3) is 5.91 Å². The van der Waals surface area contributed by atoms with Gasteiger partial charge < -0.3 is 9.80 Å². The zero-order valence-electron chi connectivity index (χ0n) is 12.2. The summed E-state index contributed by atoms with van der Waals surface area (Å²) in [6.07, 6.45) is 0. The van der Waals surface area contributed by atoms with Crippen LogP contribution in [0.15, 0.2) is 22.7 Å². The Morgan fingerprint density at radius 1 is 1.30 bits per heavy atom. The Balaban J connectivity index is 2.38. The van der Waals surface area contributed by atoms with E-state index in [1.165, 1.54) is 0 Å². The predicted molar refractivity (Wildman–Crippen MR) is 81.6 cm³/mol. The Labute approximate surface area is 127 Å². The normalized spacial score (nSPS) is 18.4. The van der Waals surface area contributed by atoms with Gasteiger partial charge in [-0.1, -0.05) is 11.6 Å². The summed E-state index contributed by atoms with van der Waals surface area (Å²) in [5.41, 5.74) is 0.818. The molecule has 1 aromatic carbocycles. The summed E-state index contributed by atoms with van der Waals surface area (Å²) >= 11 is 3.42. The van der Waals surface area contributed by atoms with Crippen molar-refractivity contribution in [1.29, 1.82) is 0 Å². The van der Waals surface area contributed by atoms with Crippen molar-refractivity contribution < 1.29 is 9.59 Å².